The van der Waals surface area contributed by atoms with Crippen molar-refractivity contribution < 1.29 is 4.79 Å². The van der Waals surface area contributed by atoms with Gasteiger partial charge in [0.2, 0.25) is 0 Å². The average Bonchev–Trinajstić information content (AvgIpc) is 2.95. The Kier molecular flexibility index (Phi) is 5.05. The smallest absolute Gasteiger partial charge is 0.273 e. The first kappa shape index (κ1) is 17.9. The molecule has 0 aromatic carbocycles. The topological polar surface area (TPSA) is 80.0 Å². The lowest BCUT2D eigenvalue weighted by Gasteiger charge is -2.32. The third-order valence-corrected chi connectivity index (χ3v) is 5.60. The molecule has 0 saturated carbocycles. The summed E-state index contributed by atoms with van der Waals surface area (Å²) >= 11 is 0. The minimum atomic E-state index is -0.125. The number of aromatic nitrogens is 5. The molecule has 1 amide bonds. The number of piperidine rings is 1. The van der Waals surface area contributed by atoms with E-state index >= 15 is 0 Å². The van der Waals surface area contributed by atoms with Crippen LogP contribution < -0.4 is 4.90 Å². The quantitative estimate of drug-likeness (QED) is 0.822. The van der Waals surface area contributed by atoms with Crippen LogP contribution in [0.2, 0.25) is 0 Å². The fourth-order valence-corrected chi connectivity index (χ4v) is 4.01. The molecule has 8 heteroatoms. The minimum Gasteiger partial charge on any atom is -0.355 e. The average molecular weight is 369 g/mol. The second kappa shape index (κ2) is 7.62. The summed E-state index contributed by atoms with van der Waals surface area (Å²) in [4.78, 5) is 15.7. The van der Waals surface area contributed by atoms with E-state index in [-0.39, 0.29) is 5.91 Å². The summed E-state index contributed by atoms with van der Waals surface area (Å²) in [7, 11) is 3.43. The van der Waals surface area contributed by atoms with Crippen molar-refractivity contribution in [3.63, 3.8) is 0 Å². The second-order valence-corrected chi connectivity index (χ2v) is 7.67. The summed E-state index contributed by atoms with van der Waals surface area (Å²) < 4.78 is 2.37. The van der Waals surface area contributed by atoms with Crippen LogP contribution in [0.5, 0.6) is 0 Å². The van der Waals surface area contributed by atoms with Crippen LogP contribution in [-0.4, -0.2) is 63.0 Å². The van der Waals surface area contributed by atoms with Crippen molar-refractivity contribution in [1.82, 2.24) is 29.9 Å². The van der Waals surface area contributed by atoms with E-state index in [2.05, 4.69) is 29.9 Å². The minimum absolute atomic E-state index is 0.125. The lowest BCUT2D eigenvalue weighted by atomic mass is 9.96. The Labute approximate surface area is 159 Å². The van der Waals surface area contributed by atoms with E-state index in [1.54, 1.807) is 20.2 Å². The number of aryl methyl sites for hydroxylation is 1. The Hall–Kier alpha value is -2.51. The van der Waals surface area contributed by atoms with Gasteiger partial charge in [-0.15, -0.1) is 20.4 Å². The predicted molar refractivity (Wildman–Crippen MR) is 102 cm³/mol. The van der Waals surface area contributed by atoms with E-state index in [1.807, 2.05) is 6.07 Å². The summed E-state index contributed by atoms with van der Waals surface area (Å²) in [5.74, 6) is 3.51. The van der Waals surface area contributed by atoms with Crippen molar-refractivity contribution in [1.29, 1.82) is 0 Å². The van der Waals surface area contributed by atoms with E-state index in [9.17, 15) is 4.79 Å². The van der Waals surface area contributed by atoms with Crippen LogP contribution in [0.3, 0.4) is 0 Å². The number of carbonyl (C=O) groups is 1. The number of rotatable bonds is 3. The van der Waals surface area contributed by atoms with E-state index in [0.717, 1.165) is 50.5 Å². The first-order chi connectivity index (χ1) is 13.1. The number of hydrogen-bond acceptors (Lipinski definition) is 6. The molecule has 0 spiro atoms. The van der Waals surface area contributed by atoms with Crippen LogP contribution in [-0.2, 0) is 13.0 Å². The molecule has 8 nitrogen and oxygen atoms in total. The van der Waals surface area contributed by atoms with E-state index in [0.29, 0.717) is 11.6 Å². The Balaban J connectivity index is 1.41. The second-order valence-electron chi connectivity index (χ2n) is 7.67. The first-order valence-electron chi connectivity index (χ1n) is 9.86. The molecule has 0 aliphatic carbocycles. The van der Waals surface area contributed by atoms with Crippen LogP contribution in [0.15, 0.2) is 12.1 Å². The third-order valence-electron chi connectivity index (χ3n) is 5.60. The first-order valence-corrected chi connectivity index (χ1v) is 9.86. The lowest BCUT2D eigenvalue weighted by Crippen LogP contribution is -2.34. The standard InChI is InChI=1S/C19H27N7O/c1-24(2)19(27)15-7-8-16(21-20-15)25-12-9-14(10-13-25)18-23-22-17-6-4-3-5-11-26(17)18/h7-8,14H,3-6,9-13H2,1-2H3. The molecule has 0 bridgehead atoms. The Morgan fingerprint density at radius 3 is 2.52 bits per heavy atom. The molecule has 0 unspecified atom stereocenters. The van der Waals surface area contributed by atoms with E-state index in [1.165, 1.54) is 30.0 Å². The van der Waals surface area contributed by atoms with Crippen molar-refractivity contribution in [2.45, 2.75) is 51.0 Å². The van der Waals surface area contributed by atoms with Gasteiger partial charge in [-0.1, -0.05) is 6.42 Å². The highest BCUT2D eigenvalue weighted by Crippen LogP contribution is 2.30. The molecular formula is C19H27N7O. The van der Waals surface area contributed by atoms with Gasteiger partial charge in [0.15, 0.2) is 11.5 Å². The zero-order valence-electron chi connectivity index (χ0n) is 16.1. The number of nitrogens with zero attached hydrogens (tertiary/aromatic N) is 7. The van der Waals surface area contributed by atoms with E-state index < -0.39 is 0 Å². The van der Waals surface area contributed by atoms with Gasteiger partial charge in [0.1, 0.15) is 11.6 Å². The summed E-state index contributed by atoms with van der Waals surface area (Å²) in [5, 5.41) is 17.4. The molecule has 0 atom stereocenters. The Morgan fingerprint density at radius 2 is 1.81 bits per heavy atom. The summed E-state index contributed by atoms with van der Waals surface area (Å²) in [5.41, 5.74) is 0.379. The van der Waals surface area contributed by atoms with Crippen molar-refractivity contribution >= 4 is 11.7 Å². The maximum atomic E-state index is 11.9. The van der Waals surface area contributed by atoms with Crippen molar-refractivity contribution in [2.75, 3.05) is 32.1 Å². The maximum absolute atomic E-state index is 11.9. The summed E-state index contributed by atoms with van der Waals surface area (Å²) in [6.07, 6.45) is 6.87. The molecule has 4 rings (SSSR count). The number of amides is 1. The van der Waals surface area contributed by atoms with Gasteiger partial charge >= 0.3 is 0 Å². The Bertz CT molecular complexity index is 791. The van der Waals surface area contributed by atoms with Crippen LogP contribution in [0.4, 0.5) is 5.82 Å². The number of anilines is 1. The van der Waals surface area contributed by atoms with Gasteiger partial charge in [0.25, 0.3) is 5.91 Å². The molecular weight excluding hydrogens is 342 g/mol. The van der Waals surface area contributed by atoms with E-state index in [4.69, 9.17) is 0 Å². The van der Waals surface area contributed by atoms with Crippen LogP contribution in [0, 0.1) is 0 Å². The SMILES string of the molecule is CN(C)C(=O)c1ccc(N2CCC(c3nnc4n3CCCCC4)CC2)nn1. The Morgan fingerprint density at radius 1 is 1.00 bits per heavy atom. The zero-order chi connectivity index (χ0) is 18.8. The maximum Gasteiger partial charge on any atom is 0.273 e. The fraction of sp³-hybridized carbons (Fsp3) is 0.632. The highest BCUT2D eigenvalue weighted by molar-refractivity contribution is 5.91. The molecule has 144 valence electrons. The molecule has 2 aromatic heterocycles. The van der Waals surface area contributed by atoms with Gasteiger partial charge in [-0.25, -0.2) is 0 Å². The predicted octanol–water partition coefficient (Wildman–Crippen LogP) is 1.88. The van der Waals surface area contributed by atoms with Gasteiger partial charge in [-0.05, 0) is 37.8 Å². The highest BCUT2D eigenvalue weighted by Gasteiger charge is 2.27. The largest absolute Gasteiger partial charge is 0.355 e. The highest BCUT2D eigenvalue weighted by atomic mass is 16.2. The summed E-state index contributed by atoms with van der Waals surface area (Å²) in [6, 6.07) is 3.66. The fourth-order valence-electron chi connectivity index (χ4n) is 4.01. The molecule has 2 aromatic rings. The van der Waals surface area contributed by atoms with Gasteiger partial charge < -0.3 is 14.4 Å². The normalized spacial score (nSPS) is 18.1. The zero-order valence-corrected chi connectivity index (χ0v) is 16.1. The summed E-state index contributed by atoms with van der Waals surface area (Å²) in [6.45, 7) is 2.90. The number of carbonyl (C=O) groups excluding carboxylic acids is 1. The molecule has 1 saturated heterocycles. The molecule has 27 heavy (non-hydrogen) atoms. The number of hydrogen-bond donors (Lipinski definition) is 0. The molecule has 2 aliphatic rings. The monoisotopic (exact) mass is 369 g/mol. The van der Waals surface area contributed by atoms with Gasteiger partial charge in [0.05, 0.1) is 0 Å². The molecule has 1 fully saturated rings. The molecule has 4 heterocycles. The molecule has 0 radical (unpaired) electrons. The lowest BCUT2D eigenvalue weighted by molar-refractivity contribution is 0.0821. The molecule has 2 aliphatic heterocycles. The molecule has 0 N–H and O–H groups in total. The van der Waals surface area contributed by atoms with Crippen LogP contribution in [0.1, 0.15) is 60.2 Å². The van der Waals surface area contributed by atoms with Crippen molar-refractivity contribution in [2.24, 2.45) is 0 Å². The van der Waals surface area contributed by atoms with Gasteiger partial charge in [-0.3, -0.25) is 4.79 Å². The van der Waals surface area contributed by atoms with Crippen molar-refractivity contribution in [3.05, 3.63) is 29.5 Å². The van der Waals surface area contributed by atoms with Crippen LogP contribution >= 0.6 is 0 Å². The number of fused-ring (bicyclic) bond motifs is 1. The van der Waals surface area contributed by atoms with Gasteiger partial charge in [-0.2, -0.15) is 0 Å². The van der Waals surface area contributed by atoms with Gasteiger partial charge in [0, 0.05) is 46.1 Å². The third kappa shape index (κ3) is 3.65. The van der Waals surface area contributed by atoms with Crippen LogP contribution in [0.25, 0.3) is 0 Å². The van der Waals surface area contributed by atoms with Crippen molar-refractivity contribution in [3.8, 4) is 0 Å².